The molecule has 0 saturated heterocycles. The highest BCUT2D eigenvalue weighted by Crippen LogP contribution is 2.35. The summed E-state index contributed by atoms with van der Waals surface area (Å²) in [6.45, 7) is 0. The van der Waals surface area contributed by atoms with E-state index in [2.05, 4.69) is 4.98 Å². The number of primary amides is 1. The van der Waals surface area contributed by atoms with Crippen LogP contribution < -0.4 is 5.73 Å². The zero-order valence-electron chi connectivity index (χ0n) is 16.7. The van der Waals surface area contributed by atoms with Gasteiger partial charge in [-0.1, -0.05) is 61.4 Å². The van der Waals surface area contributed by atoms with Crippen LogP contribution in [0.1, 0.15) is 48.4 Å². The lowest BCUT2D eigenvalue weighted by Gasteiger charge is -2.22. The third kappa shape index (κ3) is 4.32. The average molecular weight is 464 g/mol. The molecule has 1 amide bonds. The van der Waals surface area contributed by atoms with Crippen LogP contribution in [0.4, 0.5) is 8.78 Å². The number of hydrogen-bond donors (Lipinski definition) is 1. The van der Waals surface area contributed by atoms with Crippen molar-refractivity contribution in [1.82, 2.24) is 9.55 Å². The van der Waals surface area contributed by atoms with Crippen molar-refractivity contribution in [1.29, 1.82) is 0 Å². The fourth-order valence-electron chi connectivity index (χ4n) is 4.26. The highest BCUT2D eigenvalue weighted by atomic mass is 35.5. The van der Waals surface area contributed by atoms with Crippen molar-refractivity contribution in [2.45, 2.75) is 38.5 Å². The van der Waals surface area contributed by atoms with E-state index in [-0.39, 0.29) is 27.1 Å². The van der Waals surface area contributed by atoms with E-state index >= 15 is 4.39 Å². The molecule has 162 valence electrons. The Hall–Kier alpha value is -2.44. The minimum atomic E-state index is -0.762. The fourth-order valence-corrected chi connectivity index (χ4v) is 4.61. The highest BCUT2D eigenvalue weighted by Gasteiger charge is 2.27. The maximum Gasteiger partial charge on any atom is 0.269 e. The first-order chi connectivity index (χ1) is 14.9. The molecule has 1 heterocycles. The summed E-state index contributed by atoms with van der Waals surface area (Å²) in [7, 11) is 0. The largest absolute Gasteiger partial charge is 0.364 e. The van der Waals surface area contributed by atoms with E-state index < -0.39 is 17.5 Å². The Morgan fingerprint density at radius 3 is 2.52 bits per heavy atom. The fraction of sp³-hybridized carbons (Fsp3) is 0.304. The van der Waals surface area contributed by atoms with Gasteiger partial charge in [-0.15, -0.1) is 0 Å². The first-order valence-electron chi connectivity index (χ1n) is 10.2. The summed E-state index contributed by atoms with van der Waals surface area (Å²) in [5.74, 6) is -1.13. The highest BCUT2D eigenvalue weighted by molar-refractivity contribution is 6.31. The lowest BCUT2D eigenvalue weighted by molar-refractivity contribution is 0.0996. The molecular weight excluding hydrogens is 443 g/mol. The minimum absolute atomic E-state index is 0.0205. The van der Waals surface area contributed by atoms with Crippen molar-refractivity contribution in [3.63, 3.8) is 0 Å². The molecule has 0 radical (unpaired) electrons. The van der Waals surface area contributed by atoms with Crippen molar-refractivity contribution in [3.05, 3.63) is 69.6 Å². The molecular formula is C23H21Cl2F2N3O. The van der Waals surface area contributed by atoms with Gasteiger partial charge in [0.1, 0.15) is 11.6 Å². The van der Waals surface area contributed by atoms with Crippen LogP contribution in [0.5, 0.6) is 0 Å². The smallest absolute Gasteiger partial charge is 0.269 e. The number of benzene rings is 2. The van der Waals surface area contributed by atoms with Crippen LogP contribution in [0, 0.1) is 17.6 Å². The van der Waals surface area contributed by atoms with Crippen LogP contribution >= 0.6 is 23.2 Å². The Labute approximate surface area is 189 Å². The molecule has 2 N–H and O–H groups in total. The molecule has 2 aromatic carbocycles. The number of aromatic nitrogens is 2. The van der Waals surface area contributed by atoms with Crippen molar-refractivity contribution in [2.75, 3.05) is 0 Å². The second-order valence-electron chi connectivity index (χ2n) is 7.83. The normalized spacial score (nSPS) is 14.7. The van der Waals surface area contributed by atoms with Gasteiger partial charge in [-0.25, -0.2) is 13.8 Å². The summed E-state index contributed by atoms with van der Waals surface area (Å²) in [4.78, 5) is 16.8. The number of halogens is 4. The summed E-state index contributed by atoms with van der Waals surface area (Å²) in [5, 5.41) is -0.181. The van der Waals surface area contributed by atoms with Gasteiger partial charge >= 0.3 is 0 Å². The molecule has 3 aromatic rings. The van der Waals surface area contributed by atoms with Crippen LogP contribution in [0.25, 0.3) is 16.9 Å². The number of imidazole rings is 1. The lowest BCUT2D eigenvalue weighted by atomic mass is 9.87. The molecule has 0 spiro atoms. The monoisotopic (exact) mass is 463 g/mol. The van der Waals surface area contributed by atoms with Gasteiger partial charge < -0.3 is 5.73 Å². The zero-order chi connectivity index (χ0) is 22.1. The van der Waals surface area contributed by atoms with Gasteiger partial charge in [0.25, 0.3) is 5.91 Å². The molecule has 8 heteroatoms. The Balaban J connectivity index is 1.97. The van der Waals surface area contributed by atoms with Crippen molar-refractivity contribution >= 4 is 29.1 Å². The Morgan fingerprint density at radius 2 is 1.84 bits per heavy atom. The van der Waals surface area contributed by atoms with Crippen molar-refractivity contribution in [2.24, 2.45) is 11.7 Å². The van der Waals surface area contributed by atoms with E-state index in [0.29, 0.717) is 23.7 Å². The third-order valence-electron chi connectivity index (χ3n) is 5.74. The number of hydrogen-bond acceptors (Lipinski definition) is 2. The van der Waals surface area contributed by atoms with E-state index in [1.165, 1.54) is 30.7 Å². The van der Waals surface area contributed by atoms with E-state index in [1.54, 1.807) is 16.7 Å². The van der Waals surface area contributed by atoms with E-state index in [9.17, 15) is 9.18 Å². The molecule has 0 unspecified atom stereocenters. The number of amides is 1. The first-order valence-corrected chi connectivity index (χ1v) is 10.9. The van der Waals surface area contributed by atoms with Crippen LogP contribution in [0.2, 0.25) is 10.0 Å². The second-order valence-corrected chi connectivity index (χ2v) is 8.65. The van der Waals surface area contributed by atoms with E-state index in [0.717, 1.165) is 25.7 Å². The lowest BCUT2D eigenvalue weighted by Crippen LogP contribution is -2.14. The first kappa shape index (κ1) is 21.8. The molecule has 1 aliphatic carbocycles. The summed E-state index contributed by atoms with van der Waals surface area (Å²) in [6, 6.07) is 8.66. The molecule has 4 nitrogen and oxygen atoms in total. The van der Waals surface area contributed by atoms with Gasteiger partial charge in [-0.05, 0) is 36.2 Å². The van der Waals surface area contributed by atoms with Crippen LogP contribution in [-0.4, -0.2) is 15.5 Å². The van der Waals surface area contributed by atoms with Crippen molar-refractivity contribution in [3.8, 4) is 16.9 Å². The SMILES string of the molecule is NC(=O)c1nc(CC2CCCCC2)n(-c2cccc(Cl)c2F)c1-c1ccc(F)c(Cl)c1. The summed E-state index contributed by atoms with van der Waals surface area (Å²) < 4.78 is 30.5. The topological polar surface area (TPSA) is 60.9 Å². The molecule has 4 rings (SSSR count). The Morgan fingerprint density at radius 1 is 1.10 bits per heavy atom. The number of carbonyl (C=O) groups excluding carboxylic acids is 1. The molecule has 1 fully saturated rings. The average Bonchev–Trinajstić information content (AvgIpc) is 3.12. The van der Waals surface area contributed by atoms with Gasteiger partial charge in [-0.3, -0.25) is 9.36 Å². The van der Waals surface area contributed by atoms with Gasteiger partial charge in [0.2, 0.25) is 0 Å². The molecule has 31 heavy (non-hydrogen) atoms. The van der Waals surface area contributed by atoms with Gasteiger partial charge in [0, 0.05) is 12.0 Å². The van der Waals surface area contributed by atoms with Crippen LogP contribution in [-0.2, 0) is 6.42 Å². The van der Waals surface area contributed by atoms with Gasteiger partial charge in [0.15, 0.2) is 11.5 Å². The summed E-state index contributed by atoms with van der Waals surface area (Å²) in [6.07, 6.45) is 6.07. The molecule has 1 saturated carbocycles. The number of carbonyl (C=O) groups is 1. The van der Waals surface area contributed by atoms with E-state index in [4.69, 9.17) is 28.9 Å². The Kier molecular flexibility index (Phi) is 6.30. The summed E-state index contributed by atoms with van der Waals surface area (Å²) in [5.41, 5.74) is 6.44. The van der Waals surface area contributed by atoms with Crippen molar-refractivity contribution < 1.29 is 13.6 Å². The standard InChI is InChI=1S/C23H21Cl2F2N3O/c24-15-7-4-8-18(20(15)27)30-19(11-13-5-2-1-3-6-13)29-21(23(28)31)22(30)14-9-10-17(26)16(25)12-14/h4,7-10,12-13H,1-3,5-6,11H2,(H2,28,31). The van der Waals surface area contributed by atoms with E-state index in [1.807, 2.05) is 0 Å². The zero-order valence-corrected chi connectivity index (χ0v) is 18.2. The molecule has 0 bridgehead atoms. The second kappa shape index (κ2) is 8.97. The molecule has 1 aromatic heterocycles. The summed E-state index contributed by atoms with van der Waals surface area (Å²) >= 11 is 12.0. The predicted octanol–water partition coefficient (Wildman–Crippen LogP) is 6.35. The van der Waals surface area contributed by atoms with Crippen LogP contribution in [0.3, 0.4) is 0 Å². The van der Waals surface area contributed by atoms with Crippen LogP contribution in [0.15, 0.2) is 36.4 Å². The number of nitrogens with zero attached hydrogens (tertiary/aromatic N) is 2. The quantitative estimate of drug-likeness (QED) is 0.479. The van der Waals surface area contributed by atoms with Gasteiger partial charge in [-0.2, -0.15) is 0 Å². The molecule has 1 aliphatic rings. The molecule has 0 atom stereocenters. The third-order valence-corrected chi connectivity index (χ3v) is 6.32. The number of rotatable bonds is 5. The minimum Gasteiger partial charge on any atom is -0.364 e. The van der Waals surface area contributed by atoms with Gasteiger partial charge in [0.05, 0.1) is 21.4 Å². The predicted molar refractivity (Wildman–Crippen MR) is 118 cm³/mol. The number of nitrogens with two attached hydrogens (primary N) is 1. The Bertz CT molecular complexity index is 1140. The maximum absolute atomic E-state index is 15.1. The molecule has 0 aliphatic heterocycles. The maximum atomic E-state index is 15.1.